The fourth-order valence-corrected chi connectivity index (χ4v) is 3.55. The standard InChI is InChI=1S/C17H19N3O6S/c1-19(12-26-2)17(21)16(13-8-10-14(11-9-13)20(22)23)18-27(24,25)15-6-4-3-5-7-15/h3-11,16,18H,12H2,1-2H3. The second-order valence-electron chi connectivity index (χ2n) is 5.67. The molecular weight excluding hydrogens is 374 g/mol. The summed E-state index contributed by atoms with van der Waals surface area (Å²) < 4.78 is 32.6. The van der Waals surface area contributed by atoms with E-state index in [-0.39, 0.29) is 22.9 Å². The number of hydrogen-bond donors (Lipinski definition) is 1. The number of rotatable bonds is 8. The van der Waals surface area contributed by atoms with Crippen LogP contribution in [0.3, 0.4) is 0 Å². The van der Waals surface area contributed by atoms with Crippen LogP contribution in [0, 0.1) is 10.1 Å². The van der Waals surface area contributed by atoms with Crippen LogP contribution in [0.2, 0.25) is 0 Å². The number of likely N-dealkylation sites (N-methyl/N-ethyl adjacent to an activating group) is 1. The molecule has 1 N–H and O–H groups in total. The van der Waals surface area contributed by atoms with Crippen LogP contribution in [0.25, 0.3) is 0 Å². The van der Waals surface area contributed by atoms with Crippen molar-refractivity contribution in [1.29, 1.82) is 0 Å². The Bertz CT molecular complexity index is 900. The van der Waals surface area contributed by atoms with Gasteiger partial charge in [0.2, 0.25) is 15.9 Å². The molecule has 27 heavy (non-hydrogen) atoms. The van der Waals surface area contributed by atoms with Gasteiger partial charge in [-0.05, 0) is 17.7 Å². The van der Waals surface area contributed by atoms with Gasteiger partial charge in [-0.2, -0.15) is 4.72 Å². The number of ether oxygens (including phenoxy) is 1. The topological polar surface area (TPSA) is 119 Å². The Morgan fingerprint density at radius 1 is 1.19 bits per heavy atom. The van der Waals surface area contributed by atoms with E-state index in [9.17, 15) is 23.3 Å². The molecule has 0 fully saturated rings. The van der Waals surface area contributed by atoms with E-state index in [2.05, 4.69) is 4.72 Å². The first kappa shape index (κ1) is 20.5. The van der Waals surface area contributed by atoms with Crippen molar-refractivity contribution in [3.8, 4) is 0 Å². The summed E-state index contributed by atoms with van der Waals surface area (Å²) in [7, 11) is -1.14. The molecule has 0 bridgehead atoms. The van der Waals surface area contributed by atoms with Gasteiger partial charge in [0.15, 0.2) is 0 Å². The molecular formula is C17H19N3O6S. The first-order valence-electron chi connectivity index (χ1n) is 7.82. The average Bonchev–Trinajstić information content (AvgIpc) is 2.66. The lowest BCUT2D eigenvalue weighted by molar-refractivity contribution is -0.384. The third kappa shape index (κ3) is 5.09. The fourth-order valence-electron chi connectivity index (χ4n) is 2.35. The van der Waals surface area contributed by atoms with Gasteiger partial charge in [-0.3, -0.25) is 14.9 Å². The van der Waals surface area contributed by atoms with Crippen LogP contribution in [0.15, 0.2) is 59.5 Å². The molecule has 1 unspecified atom stereocenters. The Kier molecular flexibility index (Phi) is 6.61. The van der Waals surface area contributed by atoms with E-state index in [0.717, 1.165) is 0 Å². The predicted octanol–water partition coefficient (Wildman–Crippen LogP) is 1.68. The maximum atomic E-state index is 12.7. The molecule has 2 rings (SSSR count). The molecule has 144 valence electrons. The van der Waals surface area contributed by atoms with Crippen LogP contribution in [-0.4, -0.2) is 45.0 Å². The quantitative estimate of drug-likeness (QED) is 0.414. The van der Waals surface area contributed by atoms with E-state index in [0.29, 0.717) is 0 Å². The molecule has 1 atom stereocenters. The minimum atomic E-state index is -4.00. The highest BCUT2D eigenvalue weighted by atomic mass is 32.2. The van der Waals surface area contributed by atoms with E-state index in [4.69, 9.17) is 4.74 Å². The molecule has 2 aromatic rings. The van der Waals surface area contributed by atoms with E-state index < -0.39 is 26.9 Å². The molecule has 0 saturated heterocycles. The van der Waals surface area contributed by atoms with Gasteiger partial charge in [0.25, 0.3) is 5.69 Å². The molecule has 0 saturated carbocycles. The number of carbonyl (C=O) groups excluding carboxylic acids is 1. The number of nitrogens with one attached hydrogen (secondary N) is 1. The number of amides is 1. The summed E-state index contributed by atoms with van der Waals surface area (Å²) in [6.07, 6.45) is 0. The molecule has 0 aliphatic rings. The summed E-state index contributed by atoms with van der Waals surface area (Å²) in [5.41, 5.74) is 0.106. The van der Waals surface area contributed by atoms with Crippen molar-refractivity contribution in [1.82, 2.24) is 9.62 Å². The monoisotopic (exact) mass is 393 g/mol. The minimum absolute atomic E-state index is 0.000828. The normalized spacial score (nSPS) is 12.4. The maximum absolute atomic E-state index is 12.7. The van der Waals surface area contributed by atoms with E-state index in [1.54, 1.807) is 18.2 Å². The number of carbonyl (C=O) groups is 1. The van der Waals surface area contributed by atoms with Crippen LogP contribution in [0.5, 0.6) is 0 Å². The summed E-state index contributed by atoms with van der Waals surface area (Å²) in [5.74, 6) is -0.565. The summed E-state index contributed by atoms with van der Waals surface area (Å²) in [4.78, 5) is 24.2. The van der Waals surface area contributed by atoms with Gasteiger partial charge in [-0.15, -0.1) is 0 Å². The maximum Gasteiger partial charge on any atom is 0.269 e. The lowest BCUT2D eigenvalue weighted by Gasteiger charge is -2.24. The number of nitro groups is 1. The van der Waals surface area contributed by atoms with Gasteiger partial charge in [0.05, 0.1) is 9.82 Å². The zero-order valence-electron chi connectivity index (χ0n) is 14.7. The Morgan fingerprint density at radius 3 is 2.30 bits per heavy atom. The second kappa shape index (κ2) is 8.71. The number of benzene rings is 2. The summed E-state index contributed by atoms with van der Waals surface area (Å²) in [6, 6.07) is 11.4. The average molecular weight is 393 g/mol. The third-order valence-electron chi connectivity index (χ3n) is 3.71. The molecule has 10 heteroatoms. The smallest absolute Gasteiger partial charge is 0.269 e. The van der Waals surface area contributed by atoms with Crippen molar-refractivity contribution in [2.45, 2.75) is 10.9 Å². The first-order valence-corrected chi connectivity index (χ1v) is 9.30. The van der Waals surface area contributed by atoms with Crippen molar-refractivity contribution >= 4 is 21.6 Å². The van der Waals surface area contributed by atoms with Crippen molar-refractivity contribution in [2.24, 2.45) is 0 Å². The van der Waals surface area contributed by atoms with Crippen LogP contribution < -0.4 is 4.72 Å². The highest BCUT2D eigenvalue weighted by molar-refractivity contribution is 7.89. The zero-order valence-corrected chi connectivity index (χ0v) is 15.5. The fraction of sp³-hybridized carbons (Fsp3) is 0.235. The summed E-state index contributed by atoms with van der Waals surface area (Å²) >= 11 is 0. The largest absolute Gasteiger partial charge is 0.364 e. The van der Waals surface area contributed by atoms with E-state index in [1.807, 2.05) is 0 Å². The molecule has 0 radical (unpaired) electrons. The minimum Gasteiger partial charge on any atom is -0.364 e. The number of hydrogen-bond acceptors (Lipinski definition) is 6. The van der Waals surface area contributed by atoms with Gasteiger partial charge < -0.3 is 9.64 Å². The van der Waals surface area contributed by atoms with Gasteiger partial charge in [0.1, 0.15) is 12.8 Å². The first-order chi connectivity index (χ1) is 12.8. The molecule has 0 aliphatic heterocycles. The predicted molar refractivity (Wildman–Crippen MR) is 97.2 cm³/mol. The van der Waals surface area contributed by atoms with Crippen LogP contribution in [0.4, 0.5) is 5.69 Å². The molecule has 0 aromatic heterocycles. The second-order valence-corrected chi connectivity index (χ2v) is 7.38. The number of sulfonamides is 1. The lowest BCUT2D eigenvalue weighted by Crippen LogP contribution is -2.41. The van der Waals surface area contributed by atoms with Crippen molar-refractivity contribution in [3.05, 3.63) is 70.3 Å². The number of nitro benzene ring substituents is 1. The molecule has 0 heterocycles. The van der Waals surface area contributed by atoms with Crippen LogP contribution >= 0.6 is 0 Å². The summed E-state index contributed by atoms with van der Waals surface area (Å²) in [5, 5.41) is 10.8. The van der Waals surface area contributed by atoms with Gasteiger partial charge >= 0.3 is 0 Å². The van der Waals surface area contributed by atoms with Crippen molar-refractivity contribution < 1.29 is 22.9 Å². The number of nitrogens with zero attached hydrogens (tertiary/aromatic N) is 2. The van der Waals surface area contributed by atoms with Crippen LogP contribution in [0.1, 0.15) is 11.6 Å². The van der Waals surface area contributed by atoms with E-state index >= 15 is 0 Å². The zero-order chi connectivity index (χ0) is 20.0. The van der Waals surface area contributed by atoms with Gasteiger partial charge in [-0.1, -0.05) is 30.3 Å². The third-order valence-corrected chi connectivity index (χ3v) is 5.15. The van der Waals surface area contributed by atoms with Gasteiger partial charge in [0, 0.05) is 26.3 Å². The molecule has 2 aromatic carbocycles. The summed E-state index contributed by atoms with van der Waals surface area (Å²) in [6.45, 7) is -0.0463. The number of non-ortho nitro benzene ring substituents is 1. The SMILES string of the molecule is COCN(C)C(=O)C(NS(=O)(=O)c1ccccc1)c1ccc([N+](=O)[O-])cc1. The Hall–Kier alpha value is -2.82. The Labute approximate surface area is 156 Å². The molecule has 1 amide bonds. The number of methoxy groups -OCH3 is 1. The molecule has 0 aliphatic carbocycles. The highest BCUT2D eigenvalue weighted by Crippen LogP contribution is 2.22. The molecule has 9 nitrogen and oxygen atoms in total. The lowest BCUT2D eigenvalue weighted by atomic mass is 10.1. The molecule has 0 spiro atoms. The Morgan fingerprint density at radius 2 is 1.78 bits per heavy atom. The van der Waals surface area contributed by atoms with Crippen molar-refractivity contribution in [3.63, 3.8) is 0 Å². The van der Waals surface area contributed by atoms with Crippen molar-refractivity contribution in [2.75, 3.05) is 20.9 Å². The van der Waals surface area contributed by atoms with E-state index in [1.165, 1.54) is 55.5 Å². The van der Waals surface area contributed by atoms with Crippen LogP contribution in [-0.2, 0) is 19.6 Å². The van der Waals surface area contributed by atoms with Gasteiger partial charge in [-0.25, -0.2) is 8.42 Å². The highest BCUT2D eigenvalue weighted by Gasteiger charge is 2.29. The Balaban J connectivity index is 2.40.